The summed E-state index contributed by atoms with van der Waals surface area (Å²) in [7, 11) is 0. The van der Waals surface area contributed by atoms with Crippen molar-refractivity contribution in [3.63, 3.8) is 0 Å². The summed E-state index contributed by atoms with van der Waals surface area (Å²) >= 11 is 0. The van der Waals surface area contributed by atoms with Crippen LogP contribution in [0.3, 0.4) is 0 Å². The predicted octanol–water partition coefficient (Wildman–Crippen LogP) is 17.9. The van der Waals surface area contributed by atoms with E-state index in [0.29, 0.717) is 23.7 Å². The van der Waals surface area contributed by atoms with Gasteiger partial charge in [0.1, 0.15) is 0 Å². The molecule has 4 fully saturated rings. The Kier molecular flexibility index (Phi) is 32.9. The van der Waals surface area contributed by atoms with Crippen molar-refractivity contribution in [1.29, 1.82) is 0 Å². The number of rotatable bonds is 20. The van der Waals surface area contributed by atoms with Crippen molar-refractivity contribution in [3.05, 3.63) is 12.7 Å². The fourth-order valence-corrected chi connectivity index (χ4v) is 9.30. The fraction of sp³-hybridized carbons (Fsp3) is 0.773. The largest absolute Gasteiger partial charge is 0.445 e. The standard InChI is InChI=1S/C17H28O2.C16H26O2.C15H24O2.C14H22O2.C13H20O2/c1-6-13-17(5,14-11-9-8-10-12-14)19-15(18)16(3,4)7-2;1-6-12-16(5,13-10-8-9-11-13)18-14(17)15(3,4)7-2;1-6-11-15(5,12-9-8-10-12)17-13(16)14(3,4)7-2;1-6-10-14(5,11-8-9-11)16-12(15)13(3,4)7-2;1-7-10-13(6,9-3)15-11(14)12(4,5)8-2/h14H,7-12H2,1-5H3;13H,7-11H2,1-5H3;12H,7-10H2,1-5H3;11H,7-9H2,1-5H3;9H,3,8H2,1-2,4-6H3. The second kappa shape index (κ2) is 35.0. The van der Waals surface area contributed by atoms with Crippen LogP contribution in [0.1, 0.15) is 295 Å². The third-order valence-electron chi connectivity index (χ3n) is 18.7. The van der Waals surface area contributed by atoms with Crippen LogP contribution in [0.5, 0.6) is 0 Å². The van der Waals surface area contributed by atoms with E-state index in [1.807, 2.05) is 145 Å². The molecule has 0 aromatic heterocycles. The molecular formula is C75H120O10. The number of hydrogen-bond donors (Lipinski definition) is 0. The third-order valence-corrected chi connectivity index (χ3v) is 18.7. The molecule has 0 bridgehead atoms. The van der Waals surface area contributed by atoms with Gasteiger partial charge in [-0.15, -0.1) is 29.6 Å². The van der Waals surface area contributed by atoms with Gasteiger partial charge in [0.15, 0.2) is 28.0 Å². The van der Waals surface area contributed by atoms with E-state index in [1.165, 1.54) is 38.5 Å². The van der Waals surface area contributed by atoms with Crippen LogP contribution in [-0.2, 0) is 47.7 Å². The molecule has 4 aliphatic rings. The van der Waals surface area contributed by atoms with E-state index in [-0.39, 0.29) is 29.8 Å². The van der Waals surface area contributed by atoms with Crippen LogP contribution in [0.15, 0.2) is 12.7 Å². The van der Waals surface area contributed by atoms with Gasteiger partial charge in [0.25, 0.3) is 0 Å². The van der Waals surface area contributed by atoms with Gasteiger partial charge in [0.2, 0.25) is 0 Å². The summed E-state index contributed by atoms with van der Waals surface area (Å²) in [6.07, 6.45) is 21.8. The van der Waals surface area contributed by atoms with Crippen molar-refractivity contribution in [2.45, 2.75) is 323 Å². The monoisotopic (exact) mass is 1180 g/mol. The molecule has 0 aromatic rings. The van der Waals surface area contributed by atoms with Gasteiger partial charge in [0.05, 0.1) is 27.1 Å². The Bertz CT molecular complexity index is 2500. The van der Waals surface area contributed by atoms with Crippen LogP contribution in [0.2, 0.25) is 0 Å². The number of carbonyl (C=O) groups excluding carboxylic acids is 5. The van der Waals surface area contributed by atoms with Gasteiger partial charge in [-0.1, -0.05) is 109 Å². The lowest BCUT2D eigenvalue weighted by Gasteiger charge is -2.40. The van der Waals surface area contributed by atoms with Crippen molar-refractivity contribution < 1.29 is 47.7 Å². The molecule has 5 atom stereocenters. The molecule has 0 N–H and O–H groups in total. The van der Waals surface area contributed by atoms with Gasteiger partial charge in [-0.05, 0) is 228 Å². The lowest BCUT2D eigenvalue weighted by atomic mass is 9.73. The van der Waals surface area contributed by atoms with Crippen LogP contribution in [0, 0.1) is 110 Å². The first-order valence-electron chi connectivity index (χ1n) is 32.2. The Morgan fingerprint density at radius 2 is 0.529 bits per heavy atom. The maximum absolute atomic E-state index is 12.3. The highest BCUT2D eigenvalue weighted by molar-refractivity contribution is 5.78. The molecule has 85 heavy (non-hydrogen) atoms. The predicted molar refractivity (Wildman–Crippen MR) is 349 cm³/mol. The van der Waals surface area contributed by atoms with Gasteiger partial charge >= 0.3 is 29.8 Å². The minimum atomic E-state index is -0.877. The zero-order valence-corrected chi connectivity index (χ0v) is 58.6. The molecule has 0 radical (unpaired) electrons. The van der Waals surface area contributed by atoms with E-state index in [1.54, 1.807) is 33.8 Å². The molecule has 4 aliphatic carbocycles. The Labute approximate surface area is 520 Å². The third kappa shape index (κ3) is 25.3. The van der Waals surface area contributed by atoms with Gasteiger partial charge < -0.3 is 23.7 Å². The Morgan fingerprint density at radius 3 is 0.706 bits per heavy atom. The minimum absolute atomic E-state index is 0.120. The summed E-state index contributed by atoms with van der Waals surface area (Å²) in [4.78, 5) is 60.6. The first-order chi connectivity index (χ1) is 39.2. The maximum Gasteiger partial charge on any atom is 0.313 e. The molecule has 10 nitrogen and oxygen atoms in total. The number of carbonyl (C=O) groups is 5. The molecule has 0 saturated heterocycles. The van der Waals surface area contributed by atoms with Crippen molar-refractivity contribution >= 4 is 29.8 Å². The molecular weight excluding hydrogens is 1060 g/mol. The summed E-state index contributed by atoms with van der Waals surface area (Å²) < 4.78 is 28.4. The number of ether oxygens (including phenoxy) is 5. The van der Waals surface area contributed by atoms with E-state index in [4.69, 9.17) is 23.7 Å². The van der Waals surface area contributed by atoms with E-state index < -0.39 is 55.1 Å². The molecule has 4 rings (SSSR count). The highest BCUT2D eigenvalue weighted by Gasteiger charge is 2.47. The first-order valence-corrected chi connectivity index (χ1v) is 32.2. The zero-order chi connectivity index (χ0) is 65.9. The minimum Gasteiger partial charge on any atom is -0.445 e. The summed E-state index contributed by atoms with van der Waals surface area (Å²) in [6.45, 7) is 51.3. The average molecular weight is 1180 g/mol. The fourth-order valence-electron chi connectivity index (χ4n) is 9.30. The van der Waals surface area contributed by atoms with Gasteiger partial charge in [-0.3, -0.25) is 24.0 Å². The molecule has 4 saturated carbocycles. The lowest BCUT2D eigenvalue weighted by Crippen LogP contribution is -2.44. The zero-order valence-electron chi connectivity index (χ0n) is 58.6. The first kappa shape index (κ1) is 79.9. The molecule has 0 aliphatic heterocycles. The molecule has 10 heteroatoms. The second-order valence-corrected chi connectivity index (χ2v) is 28.0. The summed E-state index contributed by atoms with van der Waals surface area (Å²) in [5.41, 5.74) is -5.40. The second-order valence-electron chi connectivity index (χ2n) is 28.0. The van der Waals surface area contributed by atoms with Crippen LogP contribution < -0.4 is 0 Å². The molecule has 480 valence electrons. The molecule has 0 amide bonds. The molecule has 5 unspecified atom stereocenters. The smallest absolute Gasteiger partial charge is 0.313 e. The Balaban J connectivity index is 0.00000104. The quantitative estimate of drug-likeness (QED) is 0.0502. The van der Waals surface area contributed by atoms with Crippen LogP contribution in [0.25, 0.3) is 0 Å². The summed E-state index contributed by atoms with van der Waals surface area (Å²) in [6, 6.07) is 0. The lowest BCUT2D eigenvalue weighted by molar-refractivity contribution is -0.171. The van der Waals surface area contributed by atoms with Crippen molar-refractivity contribution in [1.82, 2.24) is 0 Å². The van der Waals surface area contributed by atoms with Gasteiger partial charge in [-0.2, -0.15) is 0 Å². The van der Waals surface area contributed by atoms with E-state index in [2.05, 4.69) is 65.8 Å². The van der Waals surface area contributed by atoms with Crippen molar-refractivity contribution in [2.75, 3.05) is 0 Å². The van der Waals surface area contributed by atoms with Crippen molar-refractivity contribution in [2.24, 2.45) is 50.7 Å². The van der Waals surface area contributed by atoms with Gasteiger partial charge in [-0.25, -0.2) is 0 Å². The number of hydrogen-bond acceptors (Lipinski definition) is 10. The van der Waals surface area contributed by atoms with E-state index in [0.717, 1.165) is 83.5 Å². The van der Waals surface area contributed by atoms with Gasteiger partial charge in [0, 0.05) is 23.7 Å². The SMILES string of the molecule is C=CC(C)(C#CC)OC(=O)C(C)(C)CC.CC#CC(C)(OC(=O)C(C)(C)CC)C1CC1.CC#CC(C)(OC(=O)C(C)(C)CC)C1CCC1.CC#CC(C)(OC(=O)C(C)(C)CC)C1CCCC1.CC#CC(C)(OC(=O)C(C)(C)CC)C1CCCCC1. The van der Waals surface area contributed by atoms with E-state index in [9.17, 15) is 24.0 Å². The molecule has 0 heterocycles. The Morgan fingerprint density at radius 1 is 0.329 bits per heavy atom. The highest BCUT2D eigenvalue weighted by atomic mass is 16.6. The van der Waals surface area contributed by atoms with Crippen LogP contribution in [0.4, 0.5) is 0 Å². The maximum atomic E-state index is 12.3. The average Bonchev–Trinajstić information content (AvgIpc) is 4.01. The van der Waals surface area contributed by atoms with Crippen molar-refractivity contribution in [3.8, 4) is 59.2 Å². The van der Waals surface area contributed by atoms with E-state index >= 15 is 0 Å². The summed E-state index contributed by atoms with van der Waals surface area (Å²) in [5, 5.41) is 0. The number of esters is 5. The molecule has 0 spiro atoms. The summed E-state index contributed by atoms with van der Waals surface area (Å²) in [5.74, 6) is 30.5. The topological polar surface area (TPSA) is 132 Å². The van der Waals surface area contributed by atoms with Crippen LogP contribution in [-0.4, -0.2) is 57.9 Å². The normalized spacial score (nSPS) is 18.8. The molecule has 0 aromatic carbocycles. The highest BCUT2D eigenvalue weighted by Crippen LogP contribution is 2.44. The Hall–Kier alpha value is -5.11. The van der Waals surface area contributed by atoms with Crippen LogP contribution >= 0.6 is 0 Å².